The van der Waals surface area contributed by atoms with Crippen molar-refractivity contribution in [3.05, 3.63) is 114 Å². The van der Waals surface area contributed by atoms with Gasteiger partial charge in [0.25, 0.3) is 5.91 Å². The van der Waals surface area contributed by atoms with E-state index in [0.717, 1.165) is 30.5 Å². The molecule has 11 heteroatoms. The molecule has 2 amide bonds. The number of allylic oxidation sites excluding steroid dienone is 1. The van der Waals surface area contributed by atoms with E-state index in [4.69, 9.17) is 4.74 Å². The number of anilines is 2. The molecule has 256 valence electrons. The summed E-state index contributed by atoms with van der Waals surface area (Å²) < 4.78 is 7.20. The van der Waals surface area contributed by atoms with E-state index in [1.54, 1.807) is 34.9 Å². The zero-order valence-corrected chi connectivity index (χ0v) is 28.0. The molecule has 2 aliphatic rings. The molecule has 11 nitrogen and oxygen atoms in total. The average molecular weight is 665 g/mol. The van der Waals surface area contributed by atoms with E-state index in [2.05, 4.69) is 20.9 Å². The maximum Gasteiger partial charge on any atom is 0.264 e. The fraction of sp³-hybridized carbons (Fsp3) is 0.368. The number of amides is 2. The number of ether oxygens (including phenoxy) is 1. The van der Waals surface area contributed by atoms with Gasteiger partial charge in [0, 0.05) is 36.5 Å². The number of benzene rings is 3. The minimum atomic E-state index is -1.81. The number of aryl methyl sites for hydroxylation is 1. The first-order chi connectivity index (χ1) is 23.8. The Balaban J connectivity index is 1.14. The molecule has 1 fully saturated rings. The van der Waals surface area contributed by atoms with Crippen LogP contribution in [0.3, 0.4) is 0 Å². The lowest BCUT2D eigenvalue weighted by Gasteiger charge is -2.28. The lowest BCUT2D eigenvalue weighted by atomic mass is 9.83. The van der Waals surface area contributed by atoms with Crippen molar-refractivity contribution in [2.75, 3.05) is 37.0 Å². The van der Waals surface area contributed by atoms with Crippen LogP contribution < -0.4 is 20.3 Å². The second-order valence-electron chi connectivity index (χ2n) is 12.8. The standard InChI is InChI=1S/C38H44N6O5/c1-26(10-6-7-19-43-24-34(41-42-43)32(25-45)28-12-4-3-5-13-28)38(48)33-21-31(49-2)16-17-35(33)44(37(38)47)23-27-11-8-15-30(20-27)40-36(46)29-14-9-18-39-22-29/h3-6,8,10-13,15-17,20-21,24,26,29,32,39,45,48H,7,9,14,18-19,22-23,25H2,1-2H3,(H,40,46)/b10-6+/t26-,29?,32?,38+/m0/s1. The number of rotatable bonds is 13. The summed E-state index contributed by atoms with van der Waals surface area (Å²) in [6.45, 7) is 4.12. The normalized spacial score (nSPS) is 20.3. The second-order valence-corrected chi connectivity index (χ2v) is 12.8. The Morgan fingerprint density at radius 2 is 2.00 bits per heavy atom. The maximum absolute atomic E-state index is 14.1. The molecule has 4 aromatic rings. The Labute approximate surface area is 286 Å². The van der Waals surface area contributed by atoms with Crippen molar-refractivity contribution in [1.29, 1.82) is 0 Å². The highest BCUT2D eigenvalue weighted by Crippen LogP contribution is 2.47. The molecular formula is C38H44N6O5. The molecule has 2 aliphatic heterocycles. The molecular weight excluding hydrogens is 620 g/mol. The number of nitrogens with zero attached hydrogens (tertiary/aromatic N) is 4. The highest BCUT2D eigenvalue weighted by Gasteiger charge is 2.52. The summed E-state index contributed by atoms with van der Waals surface area (Å²) in [6, 6.07) is 22.5. The number of carbonyl (C=O) groups is 2. The number of fused-ring (bicyclic) bond motifs is 1. The van der Waals surface area contributed by atoms with E-state index in [9.17, 15) is 19.8 Å². The number of aromatic nitrogens is 3. The predicted molar refractivity (Wildman–Crippen MR) is 187 cm³/mol. The van der Waals surface area contributed by atoms with E-state index < -0.39 is 17.4 Å². The third-order valence-corrected chi connectivity index (χ3v) is 9.59. The molecule has 1 saturated heterocycles. The second kappa shape index (κ2) is 15.1. The number of nitrogens with one attached hydrogen (secondary N) is 2. The first-order valence-electron chi connectivity index (χ1n) is 16.9. The van der Waals surface area contributed by atoms with Gasteiger partial charge in [0.15, 0.2) is 5.60 Å². The van der Waals surface area contributed by atoms with Crippen LogP contribution in [-0.2, 0) is 28.3 Å². The molecule has 2 unspecified atom stereocenters. The molecule has 0 bridgehead atoms. The molecule has 4 N–H and O–H groups in total. The van der Waals surface area contributed by atoms with Crippen molar-refractivity contribution in [3.8, 4) is 5.75 Å². The molecule has 0 spiro atoms. The van der Waals surface area contributed by atoms with Gasteiger partial charge in [-0.25, -0.2) is 0 Å². The van der Waals surface area contributed by atoms with Gasteiger partial charge in [-0.2, -0.15) is 0 Å². The fourth-order valence-electron chi connectivity index (χ4n) is 6.74. The third-order valence-electron chi connectivity index (χ3n) is 9.59. The smallest absolute Gasteiger partial charge is 0.264 e. The Morgan fingerprint density at radius 3 is 2.76 bits per heavy atom. The van der Waals surface area contributed by atoms with Gasteiger partial charge < -0.3 is 30.5 Å². The van der Waals surface area contributed by atoms with Gasteiger partial charge in [0.2, 0.25) is 5.91 Å². The summed E-state index contributed by atoms with van der Waals surface area (Å²) in [5.41, 5.74) is 2.45. The molecule has 0 radical (unpaired) electrons. The Bertz CT molecular complexity index is 1790. The third kappa shape index (κ3) is 7.29. The zero-order valence-electron chi connectivity index (χ0n) is 28.0. The first kappa shape index (κ1) is 34.0. The van der Waals surface area contributed by atoms with E-state index in [0.29, 0.717) is 47.9 Å². The summed E-state index contributed by atoms with van der Waals surface area (Å²) in [5.74, 6) is -0.783. The van der Waals surface area contributed by atoms with Gasteiger partial charge in [0.05, 0.1) is 43.5 Å². The van der Waals surface area contributed by atoms with Crippen LogP contribution in [0.15, 0.2) is 91.1 Å². The number of aliphatic hydroxyl groups is 2. The minimum absolute atomic E-state index is 0.0141. The van der Waals surface area contributed by atoms with Gasteiger partial charge in [-0.05, 0) is 67.3 Å². The number of piperidine rings is 1. The molecule has 3 aromatic carbocycles. The summed E-state index contributed by atoms with van der Waals surface area (Å²) >= 11 is 0. The lowest BCUT2D eigenvalue weighted by Crippen LogP contribution is -2.44. The number of hydrogen-bond acceptors (Lipinski definition) is 8. The van der Waals surface area contributed by atoms with Crippen LogP contribution in [0.25, 0.3) is 0 Å². The van der Waals surface area contributed by atoms with Gasteiger partial charge in [-0.1, -0.05) is 66.8 Å². The number of aliphatic hydroxyl groups excluding tert-OH is 1. The number of methoxy groups -OCH3 is 1. The molecule has 49 heavy (non-hydrogen) atoms. The van der Waals surface area contributed by atoms with Gasteiger partial charge in [-0.15, -0.1) is 5.10 Å². The van der Waals surface area contributed by atoms with Gasteiger partial charge in [-0.3, -0.25) is 14.3 Å². The van der Waals surface area contributed by atoms with E-state index in [1.165, 1.54) is 0 Å². The highest BCUT2D eigenvalue weighted by molar-refractivity contribution is 6.07. The van der Waals surface area contributed by atoms with Crippen molar-refractivity contribution >= 4 is 23.2 Å². The topological polar surface area (TPSA) is 142 Å². The Morgan fingerprint density at radius 1 is 1.16 bits per heavy atom. The van der Waals surface area contributed by atoms with Crippen LogP contribution in [0.5, 0.6) is 5.75 Å². The van der Waals surface area contributed by atoms with Gasteiger partial charge in [0.1, 0.15) is 5.75 Å². The summed E-state index contributed by atoms with van der Waals surface area (Å²) in [6.07, 6.45) is 8.06. The fourth-order valence-corrected chi connectivity index (χ4v) is 6.74. The van der Waals surface area contributed by atoms with Crippen molar-refractivity contribution in [3.63, 3.8) is 0 Å². The van der Waals surface area contributed by atoms with Gasteiger partial charge >= 0.3 is 0 Å². The molecule has 0 aliphatic carbocycles. The van der Waals surface area contributed by atoms with Crippen LogP contribution in [-0.4, -0.2) is 63.8 Å². The predicted octanol–water partition coefficient (Wildman–Crippen LogP) is 4.37. The Kier molecular flexibility index (Phi) is 10.5. The molecule has 0 saturated carbocycles. The van der Waals surface area contributed by atoms with Crippen molar-refractivity contribution in [2.45, 2.75) is 50.8 Å². The van der Waals surface area contributed by atoms with Crippen LogP contribution in [0.2, 0.25) is 0 Å². The lowest BCUT2D eigenvalue weighted by molar-refractivity contribution is -0.139. The van der Waals surface area contributed by atoms with Crippen LogP contribution in [0, 0.1) is 11.8 Å². The highest BCUT2D eigenvalue weighted by atomic mass is 16.5. The SMILES string of the molecule is COc1ccc2c(c1)[C@](O)([C@@H](C)/C=C/CCn1cc(C(CO)c3ccccc3)nn1)C(=O)N2Cc1cccc(NC(=O)C2CCCNC2)c1. The summed E-state index contributed by atoms with van der Waals surface area (Å²) in [7, 11) is 1.56. The van der Waals surface area contributed by atoms with E-state index in [-0.39, 0.29) is 30.9 Å². The quantitative estimate of drug-likeness (QED) is 0.155. The number of carbonyl (C=O) groups excluding carboxylic acids is 2. The van der Waals surface area contributed by atoms with Crippen LogP contribution >= 0.6 is 0 Å². The Hall–Kier alpha value is -4.84. The molecule has 1 aromatic heterocycles. The molecule has 4 atom stereocenters. The maximum atomic E-state index is 14.1. The summed E-state index contributed by atoms with van der Waals surface area (Å²) in [4.78, 5) is 28.6. The molecule has 3 heterocycles. The van der Waals surface area contributed by atoms with Crippen molar-refractivity contribution in [2.24, 2.45) is 11.8 Å². The summed E-state index contributed by atoms with van der Waals surface area (Å²) in [5, 5.41) is 37.0. The largest absolute Gasteiger partial charge is 0.497 e. The zero-order chi connectivity index (χ0) is 34.4. The van der Waals surface area contributed by atoms with E-state index in [1.807, 2.05) is 79.9 Å². The van der Waals surface area contributed by atoms with Crippen LogP contribution in [0.1, 0.15) is 54.5 Å². The van der Waals surface area contributed by atoms with Crippen molar-refractivity contribution in [1.82, 2.24) is 20.3 Å². The first-order valence-corrected chi connectivity index (χ1v) is 16.9. The number of hydrogen-bond donors (Lipinski definition) is 4. The molecule has 6 rings (SSSR count). The monoisotopic (exact) mass is 664 g/mol. The minimum Gasteiger partial charge on any atom is -0.497 e. The van der Waals surface area contributed by atoms with E-state index >= 15 is 0 Å². The average Bonchev–Trinajstić information content (AvgIpc) is 3.68. The van der Waals surface area contributed by atoms with Crippen molar-refractivity contribution < 1.29 is 24.5 Å². The van der Waals surface area contributed by atoms with Crippen LogP contribution in [0.4, 0.5) is 11.4 Å².